The molecule has 20 nitrogen and oxygen atoms in total. The van der Waals surface area contributed by atoms with Crippen molar-refractivity contribution < 1.29 is 86.6 Å². The summed E-state index contributed by atoms with van der Waals surface area (Å²) in [5.41, 5.74) is 1.58. The Kier molecular flexibility index (Phi) is 16.8. The van der Waals surface area contributed by atoms with Crippen molar-refractivity contribution >= 4 is 131 Å². The normalized spacial score (nSPS) is 12.7. The maximum Gasteiger partial charge on any atom is 0.297 e. The maximum absolute atomic E-state index is 12.7. The molecule has 0 aliphatic heterocycles. The third-order valence-electron chi connectivity index (χ3n) is 12.0. The Morgan fingerprint density at radius 3 is 1.04 bits per heavy atom. The van der Waals surface area contributed by atoms with E-state index in [4.69, 9.17) is 9.47 Å². The molecular weight excluding hydrogens is 1120 g/mol. The molecule has 0 bridgehead atoms. The SMILES string of the molecule is C=CCOc1cc(CS(=O)(=O)O)c2ccc3c(CS(=O)(=O)O)cc(S(=O)(=O)OC)c4ccc1c2c34.C=Cc1ccccc1.CCOc1cc(CS(=O)(=O)O)c2ccc3c(CS(=O)(=O)O)cc(S(=O)(=O)OC)c4ccc1c2c34. The molecule has 0 saturated carbocycles. The lowest BCUT2D eigenvalue weighted by Crippen LogP contribution is -2.09. The van der Waals surface area contributed by atoms with Crippen molar-refractivity contribution in [2.75, 3.05) is 27.4 Å². The molecule has 0 aliphatic rings. The Morgan fingerprint density at radius 1 is 0.429 bits per heavy atom. The van der Waals surface area contributed by atoms with Crippen molar-refractivity contribution in [2.45, 2.75) is 39.7 Å². The van der Waals surface area contributed by atoms with Crippen LogP contribution in [0.5, 0.6) is 11.5 Å². The lowest BCUT2D eigenvalue weighted by atomic mass is 9.90. The summed E-state index contributed by atoms with van der Waals surface area (Å²) in [6.07, 6.45) is 3.31. The Balaban J connectivity index is 0.000000195. The van der Waals surface area contributed by atoms with Gasteiger partial charge in [0.25, 0.3) is 60.7 Å². The van der Waals surface area contributed by atoms with Crippen LogP contribution in [0.25, 0.3) is 70.7 Å². The molecule has 26 heteroatoms. The summed E-state index contributed by atoms with van der Waals surface area (Å²) in [4.78, 5) is -0.636. The van der Waals surface area contributed by atoms with Crippen LogP contribution >= 0.6 is 0 Å². The third kappa shape index (κ3) is 13.0. The van der Waals surface area contributed by atoms with Gasteiger partial charge in [-0.15, -0.1) is 0 Å². The van der Waals surface area contributed by atoms with Gasteiger partial charge in [0.05, 0.1) is 20.8 Å². The average Bonchev–Trinajstić information content (AvgIpc) is 3.36. The van der Waals surface area contributed by atoms with Gasteiger partial charge in [-0.3, -0.25) is 26.6 Å². The minimum Gasteiger partial charge on any atom is -0.493 e. The second-order valence-corrected chi connectivity index (χ2v) is 26.2. The first-order valence-corrected chi connectivity index (χ1v) is 31.7. The summed E-state index contributed by atoms with van der Waals surface area (Å²) in [6, 6.07) is 27.6. The first kappa shape index (κ1) is 58.3. The molecule has 408 valence electrons. The Labute approximate surface area is 444 Å². The lowest BCUT2D eigenvalue weighted by Gasteiger charge is -2.20. The number of hydrogen-bond acceptors (Lipinski definition) is 16. The van der Waals surface area contributed by atoms with E-state index >= 15 is 0 Å². The summed E-state index contributed by atoms with van der Waals surface area (Å²) in [6.45, 7) is 9.27. The van der Waals surface area contributed by atoms with Gasteiger partial charge in [0, 0.05) is 32.3 Å². The van der Waals surface area contributed by atoms with Crippen molar-refractivity contribution in [3.63, 3.8) is 0 Å². The molecule has 4 N–H and O–H groups in total. The molecule has 0 aliphatic carbocycles. The molecule has 0 unspecified atom stereocenters. The summed E-state index contributed by atoms with van der Waals surface area (Å²) < 4.78 is 203. The van der Waals surface area contributed by atoms with Crippen molar-refractivity contribution in [3.05, 3.63) is 150 Å². The summed E-state index contributed by atoms with van der Waals surface area (Å²) >= 11 is 0. The maximum atomic E-state index is 12.7. The highest BCUT2D eigenvalue weighted by Crippen LogP contribution is 2.46. The van der Waals surface area contributed by atoms with Gasteiger partial charge in [0.2, 0.25) is 0 Å². The molecule has 0 saturated heterocycles. The Bertz CT molecular complexity index is 4490. The second-order valence-electron chi connectivity index (χ2n) is 17.1. The van der Waals surface area contributed by atoms with E-state index in [2.05, 4.69) is 21.5 Å². The van der Waals surface area contributed by atoms with Crippen molar-refractivity contribution in [3.8, 4) is 11.5 Å². The predicted octanol–water partition coefficient (Wildman–Crippen LogP) is 8.68. The van der Waals surface area contributed by atoms with Gasteiger partial charge >= 0.3 is 0 Å². The fraction of sp³-hybridized carbons (Fsp3) is 0.176. The van der Waals surface area contributed by atoms with Crippen molar-refractivity contribution in [2.24, 2.45) is 0 Å². The molecule has 0 radical (unpaired) electrons. The van der Waals surface area contributed by atoms with Crippen LogP contribution in [-0.4, -0.2) is 96.2 Å². The molecule has 77 heavy (non-hydrogen) atoms. The van der Waals surface area contributed by atoms with Crippen LogP contribution < -0.4 is 9.47 Å². The van der Waals surface area contributed by atoms with Gasteiger partial charge in [0.15, 0.2) is 0 Å². The number of hydrogen-bond donors (Lipinski definition) is 4. The lowest BCUT2D eigenvalue weighted by molar-refractivity contribution is 0.344. The van der Waals surface area contributed by atoms with Crippen LogP contribution in [0.3, 0.4) is 0 Å². The topological polar surface area (TPSA) is 323 Å². The molecule has 0 spiro atoms. The van der Waals surface area contributed by atoms with Crippen LogP contribution in [0.4, 0.5) is 0 Å². The van der Waals surface area contributed by atoms with Gasteiger partial charge in [0.1, 0.15) is 50.9 Å². The molecule has 0 atom stereocenters. The highest BCUT2D eigenvalue weighted by Gasteiger charge is 2.28. The van der Waals surface area contributed by atoms with Crippen molar-refractivity contribution in [1.29, 1.82) is 0 Å². The Morgan fingerprint density at radius 2 is 0.740 bits per heavy atom. The minimum atomic E-state index is -4.55. The first-order valence-electron chi connectivity index (χ1n) is 22.4. The highest BCUT2D eigenvalue weighted by atomic mass is 32.2. The van der Waals surface area contributed by atoms with Crippen LogP contribution in [0.1, 0.15) is 34.7 Å². The van der Waals surface area contributed by atoms with Crippen molar-refractivity contribution in [1.82, 2.24) is 0 Å². The summed E-state index contributed by atoms with van der Waals surface area (Å²) in [7, 11) is -24.7. The van der Waals surface area contributed by atoms with E-state index in [0.717, 1.165) is 26.4 Å². The Hall–Kier alpha value is -6.40. The van der Waals surface area contributed by atoms with E-state index in [0.29, 0.717) is 59.6 Å². The van der Waals surface area contributed by atoms with Gasteiger partial charge in [-0.1, -0.05) is 92.0 Å². The van der Waals surface area contributed by atoms with Crippen LogP contribution in [-0.2, 0) is 92.1 Å². The number of benzene rings is 9. The molecule has 0 fully saturated rings. The zero-order chi connectivity index (χ0) is 56.6. The monoisotopic (exact) mass is 1170 g/mol. The molecule has 9 aromatic rings. The molecule has 9 aromatic carbocycles. The summed E-state index contributed by atoms with van der Waals surface area (Å²) in [5, 5.41) is 4.31. The zero-order valence-corrected chi connectivity index (χ0v) is 45.8. The smallest absolute Gasteiger partial charge is 0.297 e. The molecule has 0 amide bonds. The standard InChI is InChI=1S/C22H20O10S3.C21H20O10S3.C8H8/c1-3-8-32-19-9-13(11-33(23,24)25)15-4-5-16-14(12-34(26,27)28)10-20(35(29,30)31-2)18-7-6-17(19)21(15)22(16)18;1-3-31-18-8-12(10-32(22,23)24)14-4-5-15-13(11-33(25,26)27)9-19(34(28,29)30-2)17-7-6-16(18)20(14)21(15)17;1-2-8-6-4-3-5-7-8/h3-7,9-10H,1,8,11-12H2,2H3,(H,23,24,25)(H,26,27,28);4-9H,3,10-11H2,1-2H3,(H,22,23,24)(H,25,26,27);2-7H,1H2. The third-order valence-corrected chi connectivity index (χ3v) is 17.3. The van der Waals surface area contributed by atoms with E-state index in [-0.39, 0.29) is 61.8 Å². The van der Waals surface area contributed by atoms with E-state index in [9.17, 15) is 68.7 Å². The van der Waals surface area contributed by atoms with Gasteiger partial charge in [-0.2, -0.15) is 50.5 Å². The fourth-order valence-electron chi connectivity index (χ4n) is 9.13. The average molecular weight is 1170 g/mol. The fourth-order valence-corrected chi connectivity index (χ4v) is 13.5. The highest BCUT2D eigenvalue weighted by molar-refractivity contribution is 7.87. The summed E-state index contributed by atoms with van der Waals surface area (Å²) in [5.74, 6) is -2.63. The van der Waals surface area contributed by atoms with Crippen LogP contribution in [0.2, 0.25) is 0 Å². The van der Waals surface area contributed by atoms with E-state index < -0.39 is 83.7 Å². The van der Waals surface area contributed by atoms with E-state index in [1.54, 1.807) is 31.2 Å². The van der Waals surface area contributed by atoms with Crippen LogP contribution in [0.15, 0.2) is 132 Å². The molecule has 9 rings (SSSR count). The molecule has 0 aromatic heterocycles. The van der Waals surface area contributed by atoms with Gasteiger partial charge in [-0.25, -0.2) is 0 Å². The zero-order valence-electron chi connectivity index (χ0n) is 40.9. The van der Waals surface area contributed by atoms with Crippen LogP contribution in [0, 0.1) is 0 Å². The number of rotatable bonds is 18. The predicted molar refractivity (Wildman–Crippen MR) is 293 cm³/mol. The molecular formula is C51H48O20S6. The van der Waals surface area contributed by atoms with E-state index in [1.165, 1.54) is 48.0 Å². The number of ether oxygens (including phenoxy) is 2. The second kappa shape index (κ2) is 22.2. The van der Waals surface area contributed by atoms with E-state index in [1.807, 2.05) is 36.4 Å². The van der Waals surface area contributed by atoms with Gasteiger partial charge in [-0.05, 0) is 103 Å². The van der Waals surface area contributed by atoms with Gasteiger partial charge < -0.3 is 9.47 Å². The first-order chi connectivity index (χ1) is 35.9. The largest absolute Gasteiger partial charge is 0.493 e. The quantitative estimate of drug-likeness (QED) is 0.0270. The molecule has 0 heterocycles. The minimum absolute atomic E-state index is 0.00114.